The Morgan fingerprint density at radius 2 is 2.03 bits per heavy atom. The van der Waals surface area contributed by atoms with Crippen molar-refractivity contribution >= 4 is 17.5 Å². The van der Waals surface area contributed by atoms with Crippen molar-refractivity contribution in [2.75, 3.05) is 13.7 Å². The van der Waals surface area contributed by atoms with Crippen molar-refractivity contribution in [3.63, 3.8) is 0 Å². The largest absolute Gasteiger partial charge is 0.477 e. The molecule has 180 valence electrons. The van der Waals surface area contributed by atoms with Gasteiger partial charge in [-0.15, -0.1) is 5.10 Å². The SMILES string of the molecule is CCOc1cc(CN(C)C(=O)c2ccc(C[C@@H]3CC[C@H]([C@H](C)c4ccc(Cl)nc4)C3)cc2)[nH]n1. The lowest BCUT2D eigenvalue weighted by atomic mass is 9.86. The average Bonchev–Trinajstić information content (AvgIpc) is 3.49. The van der Waals surface area contributed by atoms with Gasteiger partial charge in [-0.3, -0.25) is 9.89 Å². The van der Waals surface area contributed by atoms with Gasteiger partial charge in [-0.05, 0) is 79.7 Å². The molecule has 0 spiro atoms. The van der Waals surface area contributed by atoms with Gasteiger partial charge in [0.05, 0.1) is 18.8 Å². The van der Waals surface area contributed by atoms with Crippen LogP contribution in [0.25, 0.3) is 0 Å². The van der Waals surface area contributed by atoms with Gasteiger partial charge in [-0.1, -0.05) is 36.7 Å². The molecule has 1 aliphatic carbocycles. The van der Waals surface area contributed by atoms with Crippen LogP contribution in [0.2, 0.25) is 5.15 Å². The molecule has 2 aromatic heterocycles. The Kier molecular flexibility index (Phi) is 7.88. The summed E-state index contributed by atoms with van der Waals surface area (Å²) in [6.07, 6.45) is 6.68. The Morgan fingerprint density at radius 3 is 2.74 bits per heavy atom. The van der Waals surface area contributed by atoms with E-state index >= 15 is 0 Å². The van der Waals surface area contributed by atoms with Crippen molar-refractivity contribution < 1.29 is 9.53 Å². The van der Waals surface area contributed by atoms with Crippen LogP contribution in [0, 0.1) is 11.8 Å². The summed E-state index contributed by atoms with van der Waals surface area (Å²) >= 11 is 5.94. The monoisotopic (exact) mass is 480 g/mol. The van der Waals surface area contributed by atoms with Crippen LogP contribution in [0.4, 0.5) is 0 Å². The van der Waals surface area contributed by atoms with Gasteiger partial charge >= 0.3 is 0 Å². The molecule has 0 saturated heterocycles. The molecule has 3 atom stereocenters. The first-order valence-corrected chi connectivity index (χ1v) is 12.4. The first kappa shape index (κ1) is 24.3. The standard InChI is InChI=1S/C27H33ClN4O2/c1-4-34-26-15-24(30-31-26)17-32(3)27(33)21-8-5-19(6-9-21)13-20-7-10-22(14-20)18(2)23-11-12-25(28)29-16-23/h5-6,8-9,11-12,15-16,18,20,22H,4,7,10,13-14,17H2,1-3H3,(H,30,31)/t18-,20-,22-/m0/s1. The highest BCUT2D eigenvalue weighted by Gasteiger charge is 2.29. The maximum absolute atomic E-state index is 12.9. The number of amides is 1. The number of nitrogens with zero attached hydrogens (tertiary/aromatic N) is 3. The summed E-state index contributed by atoms with van der Waals surface area (Å²) < 4.78 is 5.37. The minimum absolute atomic E-state index is 0.00885. The van der Waals surface area contributed by atoms with Crippen LogP contribution in [-0.4, -0.2) is 39.6 Å². The second kappa shape index (κ2) is 11.0. The summed E-state index contributed by atoms with van der Waals surface area (Å²) in [4.78, 5) is 18.8. The van der Waals surface area contributed by atoms with Crippen molar-refractivity contribution in [3.05, 3.63) is 76.2 Å². The zero-order chi connectivity index (χ0) is 24.1. The van der Waals surface area contributed by atoms with E-state index in [4.69, 9.17) is 16.3 Å². The van der Waals surface area contributed by atoms with Gasteiger partial charge in [0, 0.05) is 24.9 Å². The molecular formula is C27H33ClN4O2. The third kappa shape index (κ3) is 5.98. The Labute approximate surface area is 206 Å². The number of carbonyl (C=O) groups is 1. The van der Waals surface area contributed by atoms with E-state index in [1.807, 2.05) is 37.4 Å². The number of carbonyl (C=O) groups excluding carboxylic acids is 1. The molecule has 1 aromatic carbocycles. The number of benzene rings is 1. The Balaban J connectivity index is 1.29. The van der Waals surface area contributed by atoms with Crippen LogP contribution in [0.5, 0.6) is 5.88 Å². The number of pyridine rings is 1. The molecule has 7 heteroatoms. The molecule has 2 heterocycles. The zero-order valence-electron chi connectivity index (χ0n) is 20.1. The van der Waals surface area contributed by atoms with Crippen molar-refractivity contribution in [3.8, 4) is 5.88 Å². The highest BCUT2D eigenvalue weighted by molar-refractivity contribution is 6.29. The highest BCUT2D eigenvalue weighted by atomic mass is 35.5. The van der Waals surface area contributed by atoms with E-state index in [0.717, 1.165) is 12.1 Å². The number of nitrogens with one attached hydrogen (secondary N) is 1. The predicted octanol–water partition coefficient (Wildman–Crippen LogP) is 5.89. The first-order valence-electron chi connectivity index (χ1n) is 12.1. The lowest BCUT2D eigenvalue weighted by Gasteiger charge is -2.20. The van der Waals surface area contributed by atoms with Crippen molar-refractivity contribution in [2.24, 2.45) is 11.8 Å². The predicted molar refractivity (Wildman–Crippen MR) is 134 cm³/mol. The van der Waals surface area contributed by atoms with Crippen LogP contribution in [0.1, 0.15) is 66.2 Å². The van der Waals surface area contributed by atoms with Crippen molar-refractivity contribution in [1.29, 1.82) is 0 Å². The quantitative estimate of drug-likeness (QED) is 0.387. The molecule has 1 N–H and O–H groups in total. The maximum Gasteiger partial charge on any atom is 0.253 e. The third-order valence-electron chi connectivity index (χ3n) is 6.94. The van der Waals surface area contributed by atoms with E-state index in [9.17, 15) is 4.79 Å². The Hall–Kier alpha value is -2.86. The number of aromatic amines is 1. The van der Waals surface area contributed by atoms with E-state index in [1.54, 1.807) is 11.9 Å². The number of ether oxygens (including phenoxy) is 1. The first-order chi connectivity index (χ1) is 16.4. The number of aromatic nitrogens is 3. The lowest BCUT2D eigenvalue weighted by molar-refractivity contribution is 0.0783. The summed E-state index contributed by atoms with van der Waals surface area (Å²) in [5, 5.41) is 7.56. The zero-order valence-corrected chi connectivity index (χ0v) is 20.9. The van der Waals surface area contributed by atoms with Gasteiger partial charge in [0.15, 0.2) is 0 Å². The molecule has 1 fully saturated rings. The van der Waals surface area contributed by atoms with Crippen LogP contribution in [-0.2, 0) is 13.0 Å². The number of rotatable bonds is 9. The molecule has 1 saturated carbocycles. The summed E-state index contributed by atoms with van der Waals surface area (Å²) in [6, 6.07) is 13.9. The number of halogens is 1. The molecule has 34 heavy (non-hydrogen) atoms. The minimum atomic E-state index is -0.00885. The second-order valence-corrected chi connectivity index (χ2v) is 9.76. The van der Waals surface area contributed by atoms with Gasteiger partial charge < -0.3 is 9.64 Å². The van der Waals surface area contributed by atoms with E-state index in [-0.39, 0.29) is 5.91 Å². The normalized spacial score (nSPS) is 18.6. The van der Waals surface area contributed by atoms with Gasteiger partial charge in [0.25, 0.3) is 5.91 Å². The smallest absolute Gasteiger partial charge is 0.253 e. The van der Waals surface area contributed by atoms with E-state index in [1.165, 1.54) is 30.4 Å². The van der Waals surface area contributed by atoms with E-state index in [0.29, 0.717) is 47.5 Å². The molecule has 0 radical (unpaired) electrons. The fourth-order valence-electron chi connectivity index (χ4n) is 4.99. The minimum Gasteiger partial charge on any atom is -0.477 e. The second-order valence-electron chi connectivity index (χ2n) is 9.37. The number of H-pyrrole nitrogens is 1. The fraction of sp³-hybridized carbons (Fsp3) is 0.444. The summed E-state index contributed by atoms with van der Waals surface area (Å²) in [5.74, 6) is 2.39. The maximum atomic E-state index is 12.9. The Morgan fingerprint density at radius 1 is 1.24 bits per heavy atom. The summed E-state index contributed by atoms with van der Waals surface area (Å²) in [7, 11) is 1.80. The molecule has 0 bridgehead atoms. The van der Waals surface area contributed by atoms with Crippen LogP contribution in [0.3, 0.4) is 0 Å². The van der Waals surface area contributed by atoms with Gasteiger partial charge in [-0.25, -0.2) is 4.98 Å². The molecule has 1 amide bonds. The van der Waals surface area contributed by atoms with Crippen LogP contribution >= 0.6 is 11.6 Å². The average molecular weight is 481 g/mol. The van der Waals surface area contributed by atoms with Crippen LogP contribution in [0.15, 0.2) is 48.7 Å². The van der Waals surface area contributed by atoms with Gasteiger partial charge in [0.2, 0.25) is 5.88 Å². The van der Waals surface area contributed by atoms with E-state index in [2.05, 4.69) is 40.3 Å². The van der Waals surface area contributed by atoms with Crippen LogP contribution < -0.4 is 4.74 Å². The lowest BCUT2D eigenvalue weighted by Crippen LogP contribution is -2.26. The van der Waals surface area contributed by atoms with Crippen molar-refractivity contribution in [2.45, 2.75) is 52.0 Å². The molecule has 6 nitrogen and oxygen atoms in total. The van der Waals surface area contributed by atoms with Crippen molar-refractivity contribution in [1.82, 2.24) is 20.1 Å². The number of hydrogen-bond donors (Lipinski definition) is 1. The fourth-order valence-corrected chi connectivity index (χ4v) is 5.10. The summed E-state index contributed by atoms with van der Waals surface area (Å²) in [5.41, 5.74) is 4.10. The number of hydrogen-bond acceptors (Lipinski definition) is 4. The molecule has 1 aliphatic rings. The molecule has 0 aliphatic heterocycles. The topological polar surface area (TPSA) is 71.1 Å². The molecule has 3 aromatic rings. The third-order valence-corrected chi connectivity index (χ3v) is 7.17. The summed E-state index contributed by atoms with van der Waals surface area (Å²) in [6.45, 7) is 5.23. The molecule has 0 unspecified atom stereocenters. The van der Waals surface area contributed by atoms with Gasteiger partial charge in [-0.2, -0.15) is 0 Å². The van der Waals surface area contributed by atoms with E-state index < -0.39 is 0 Å². The molecular weight excluding hydrogens is 448 g/mol. The Bertz CT molecular complexity index is 1080. The van der Waals surface area contributed by atoms with Gasteiger partial charge in [0.1, 0.15) is 5.15 Å². The molecule has 4 rings (SSSR count). The highest BCUT2D eigenvalue weighted by Crippen LogP contribution is 2.41.